The summed E-state index contributed by atoms with van der Waals surface area (Å²) < 4.78 is 23.2. The van der Waals surface area contributed by atoms with E-state index in [-0.39, 0.29) is 0 Å². The van der Waals surface area contributed by atoms with Crippen LogP contribution in [0.25, 0.3) is 0 Å². The minimum atomic E-state index is -2.70. The van der Waals surface area contributed by atoms with Gasteiger partial charge in [-0.1, -0.05) is 0 Å². The molecule has 3 nitrogen and oxygen atoms in total. The van der Waals surface area contributed by atoms with E-state index >= 15 is 0 Å². The van der Waals surface area contributed by atoms with Crippen molar-refractivity contribution in [2.45, 2.75) is 25.7 Å². The van der Waals surface area contributed by atoms with Gasteiger partial charge in [0.1, 0.15) is 0 Å². The largest absolute Gasteiger partial charge is 0.316 e. The van der Waals surface area contributed by atoms with Crippen LogP contribution >= 0.6 is 0 Å². The number of nitrogens with one attached hydrogen (secondary N) is 1. The topological polar surface area (TPSA) is 46.2 Å². The Hall–Kier alpha value is -0.0900. The minimum Gasteiger partial charge on any atom is -0.316 e. The fourth-order valence-corrected chi connectivity index (χ4v) is 5.50. The Morgan fingerprint density at radius 3 is 2.87 bits per heavy atom. The second-order valence-corrected chi connectivity index (χ2v) is 7.85. The number of hydrogen-bond acceptors (Lipinski definition) is 3. The van der Waals surface area contributed by atoms with Crippen LogP contribution in [-0.4, -0.2) is 33.0 Å². The third-order valence-corrected chi connectivity index (χ3v) is 6.44. The van der Waals surface area contributed by atoms with Crippen molar-refractivity contribution in [1.82, 2.24) is 5.32 Å². The van der Waals surface area contributed by atoms with Crippen LogP contribution in [0.15, 0.2) is 0 Å². The molecule has 3 unspecified atom stereocenters. The molecule has 1 saturated carbocycles. The smallest absolute Gasteiger partial charge is 0.150 e. The summed E-state index contributed by atoms with van der Waals surface area (Å²) in [5.41, 5.74) is 0.511. The maximum atomic E-state index is 11.6. The van der Waals surface area contributed by atoms with Crippen LogP contribution in [-0.2, 0) is 9.84 Å². The van der Waals surface area contributed by atoms with E-state index < -0.39 is 9.84 Å². The zero-order valence-corrected chi connectivity index (χ0v) is 9.85. The van der Waals surface area contributed by atoms with Gasteiger partial charge < -0.3 is 5.32 Å². The van der Waals surface area contributed by atoms with E-state index in [9.17, 15) is 8.42 Å². The molecule has 0 amide bonds. The third-order valence-electron chi connectivity index (χ3n) is 4.60. The summed E-state index contributed by atoms with van der Waals surface area (Å²) in [7, 11) is -2.70. The van der Waals surface area contributed by atoms with Gasteiger partial charge in [-0.05, 0) is 49.5 Å². The molecule has 86 valence electrons. The number of sulfone groups is 1. The van der Waals surface area contributed by atoms with Crippen LogP contribution in [0, 0.1) is 17.3 Å². The maximum absolute atomic E-state index is 11.6. The lowest BCUT2D eigenvalue weighted by Gasteiger charge is -2.23. The molecule has 15 heavy (non-hydrogen) atoms. The normalized spacial score (nSPS) is 48.3. The highest BCUT2D eigenvalue weighted by molar-refractivity contribution is 7.91. The lowest BCUT2D eigenvalue weighted by molar-refractivity contribution is 0.367. The first-order chi connectivity index (χ1) is 7.11. The van der Waals surface area contributed by atoms with Gasteiger partial charge in [0.05, 0.1) is 11.5 Å². The lowest BCUT2D eigenvalue weighted by atomic mass is 9.92. The molecule has 0 aromatic heterocycles. The molecule has 0 aromatic rings. The van der Waals surface area contributed by atoms with Gasteiger partial charge in [-0.3, -0.25) is 0 Å². The molecule has 2 saturated heterocycles. The molecule has 1 aliphatic carbocycles. The fourth-order valence-electron chi connectivity index (χ4n) is 3.68. The zero-order valence-electron chi connectivity index (χ0n) is 9.04. The van der Waals surface area contributed by atoms with E-state index in [1.807, 2.05) is 0 Å². The van der Waals surface area contributed by atoms with Gasteiger partial charge in [0.2, 0.25) is 0 Å². The van der Waals surface area contributed by atoms with Crippen molar-refractivity contribution in [2.24, 2.45) is 17.3 Å². The predicted octanol–water partition coefficient (Wildman–Crippen LogP) is 0.811. The van der Waals surface area contributed by atoms with Crippen LogP contribution in [0.5, 0.6) is 0 Å². The third kappa shape index (κ3) is 1.72. The SMILES string of the molecule is O=S1(=O)CCCC(C2CC23CCNC3)C1. The second kappa shape index (κ2) is 3.20. The Morgan fingerprint density at radius 1 is 1.33 bits per heavy atom. The standard InChI is InChI=1S/C11H19NO2S/c13-15(14)5-1-2-9(7-15)10-6-11(10)3-4-12-8-11/h9-10,12H,1-8H2. The van der Waals surface area contributed by atoms with Crippen LogP contribution in [0.3, 0.4) is 0 Å². The van der Waals surface area contributed by atoms with Crippen LogP contribution in [0.2, 0.25) is 0 Å². The molecule has 1 N–H and O–H groups in total. The van der Waals surface area contributed by atoms with E-state index in [2.05, 4.69) is 5.32 Å². The van der Waals surface area contributed by atoms with Crippen molar-refractivity contribution < 1.29 is 8.42 Å². The fraction of sp³-hybridized carbons (Fsp3) is 1.00. The van der Waals surface area contributed by atoms with Gasteiger partial charge >= 0.3 is 0 Å². The molecule has 2 aliphatic heterocycles. The van der Waals surface area contributed by atoms with Crippen molar-refractivity contribution in [3.05, 3.63) is 0 Å². The van der Waals surface area contributed by atoms with Gasteiger partial charge in [0.25, 0.3) is 0 Å². The van der Waals surface area contributed by atoms with Crippen molar-refractivity contribution in [3.8, 4) is 0 Å². The van der Waals surface area contributed by atoms with Crippen molar-refractivity contribution in [2.75, 3.05) is 24.6 Å². The Bertz CT molecular complexity index is 357. The first kappa shape index (κ1) is 10.1. The van der Waals surface area contributed by atoms with Gasteiger partial charge in [0, 0.05) is 6.54 Å². The van der Waals surface area contributed by atoms with Gasteiger partial charge in [-0.25, -0.2) is 8.42 Å². The molecule has 2 heterocycles. The summed E-state index contributed by atoms with van der Waals surface area (Å²) in [6, 6.07) is 0. The molecule has 3 aliphatic rings. The van der Waals surface area contributed by atoms with Gasteiger partial charge in [-0.2, -0.15) is 0 Å². The average Bonchev–Trinajstić information content (AvgIpc) is 2.63. The van der Waals surface area contributed by atoms with Crippen LogP contribution < -0.4 is 5.32 Å². The molecule has 3 atom stereocenters. The lowest BCUT2D eigenvalue weighted by Crippen LogP contribution is -2.28. The summed E-state index contributed by atoms with van der Waals surface area (Å²) in [5.74, 6) is 2.09. The molecule has 1 spiro atoms. The van der Waals surface area contributed by atoms with Crippen molar-refractivity contribution in [3.63, 3.8) is 0 Å². The van der Waals surface area contributed by atoms with E-state index in [4.69, 9.17) is 0 Å². The Kier molecular flexibility index (Phi) is 2.15. The second-order valence-electron chi connectivity index (χ2n) is 5.62. The van der Waals surface area contributed by atoms with E-state index in [0.29, 0.717) is 28.8 Å². The highest BCUT2D eigenvalue weighted by Crippen LogP contribution is 2.61. The number of rotatable bonds is 1. The monoisotopic (exact) mass is 229 g/mol. The van der Waals surface area contributed by atoms with Crippen LogP contribution in [0.1, 0.15) is 25.7 Å². The van der Waals surface area contributed by atoms with Crippen molar-refractivity contribution in [1.29, 1.82) is 0 Å². The quantitative estimate of drug-likeness (QED) is 0.724. The summed E-state index contributed by atoms with van der Waals surface area (Å²) in [4.78, 5) is 0. The molecule has 0 radical (unpaired) electrons. The molecule has 3 fully saturated rings. The highest BCUT2D eigenvalue weighted by Gasteiger charge is 2.58. The van der Waals surface area contributed by atoms with Crippen molar-refractivity contribution >= 4 is 9.84 Å². The van der Waals surface area contributed by atoms with Crippen LogP contribution in [0.4, 0.5) is 0 Å². The Morgan fingerprint density at radius 2 is 2.20 bits per heavy atom. The molecule has 3 rings (SSSR count). The number of hydrogen-bond donors (Lipinski definition) is 1. The molecule has 0 bridgehead atoms. The molecular weight excluding hydrogens is 210 g/mol. The summed E-state index contributed by atoms with van der Waals surface area (Å²) in [6.07, 6.45) is 4.59. The molecule has 0 aromatic carbocycles. The van der Waals surface area contributed by atoms with E-state index in [1.54, 1.807) is 0 Å². The first-order valence-electron chi connectivity index (χ1n) is 6.03. The van der Waals surface area contributed by atoms with Gasteiger partial charge in [-0.15, -0.1) is 0 Å². The predicted molar refractivity (Wildman–Crippen MR) is 59.4 cm³/mol. The summed E-state index contributed by atoms with van der Waals surface area (Å²) in [6.45, 7) is 2.27. The summed E-state index contributed by atoms with van der Waals surface area (Å²) >= 11 is 0. The van der Waals surface area contributed by atoms with Gasteiger partial charge in [0.15, 0.2) is 9.84 Å². The summed E-state index contributed by atoms with van der Waals surface area (Å²) in [5, 5.41) is 3.42. The maximum Gasteiger partial charge on any atom is 0.150 e. The minimum absolute atomic E-state index is 0.432. The zero-order chi connectivity index (χ0) is 10.5. The first-order valence-corrected chi connectivity index (χ1v) is 7.85. The van der Waals surface area contributed by atoms with E-state index in [0.717, 1.165) is 25.9 Å². The Labute approximate surface area is 91.5 Å². The molecular formula is C11H19NO2S. The average molecular weight is 229 g/mol. The molecule has 4 heteroatoms. The highest BCUT2D eigenvalue weighted by atomic mass is 32.2. The Balaban J connectivity index is 1.69. The van der Waals surface area contributed by atoms with E-state index in [1.165, 1.54) is 12.8 Å².